The van der Waals surface area contributed by atoms with Crippen LogP contribution >= 0.6 is 0 Å². The molecule has 7 aliphatic rings. The second-order valence-corrected chi connectivity index (χ2v) is 10.4. The van der Waals surface area contributed by atoms with Crippen molar-refractivity contribution >= 4 is 11.6 Å². The van der Waals surface area contributed by atoms with E-state index in [2.05, 4.69) is 6.92 Å². The van der Waals surface area contributed by atoms with Crippen molar-refractivity contribution in [1.29, 1.82) is 0 Å². The molecule has 26 heavy (non-hydrogen) atoms. The van der Waals surface area contributed by atoms with Crippen LogP contribution in [0.15, 0.2) is 12.2 Å². The molecule has 10 atom stereocenters. The summed E-state index contributed by atoms with van der Waals surface area (Å²) in [4.78, 5) is 26.7. The Bertz CT molecular complexity index is 800. The normalized spacial score (nSPS) is 63.3. The van der Waals surface area contributed by atoms with E-state index in [-0.39, 0.29) is 35.9 Å². The van der Waals surface area contributed by atoms with Gasteiger partial charge in [-0.05, 0) is 48.0 Å². The van der Waals surface area contributed by atoms with E-state index in [9.17, 15) is 19.8 Å². The van der Waals surface area contributed by atoms with Crippen LogP contribution in [0.5, 0.6) is 0 Å². The fraction of sp³-hybridized carbons (Fsp3) is 0.810. The van der Waals surface area contributed by atoms with E-state index >= 15 is 0 Å². The number of carbonyl (C=O) groups excluding carboxylic acids is 2. The molecule has 2 bridgehead atoms. The molecule has 10 unspecified atom stereocenters. The van der Waals surface area contributed by atoms with Gasteiger partial charge in [0.2, 0.25) is 5.79 Å². The molecule has 5 nitrogen and oxygen atoms in total. The number of hydrogen-bond donors (Lipinski definition) is 2. The first kappa shape index (κ1) is 16.0. The van der Waals surface area contributed by atoms with Crippen LogP contribution in [0, 0.1) is 51.8 Å². The van der Waals surface area contributed by atoms with Crippen LogP contribution in [0.4, 0.5) is 0 Å². The van der Waals surface area contributed by atoms with E-state index in [4.69, 9.17) is 4.74 Å². The summed E-state index contributed by atoms with van der Waals surface area (Å²) in [6.07, 6.45) is 4.02. The molecule has 5 aliphatic carbocycles. The number of Topliss-reactive ketones (excluding diaryl/α,β-unsaturated/α-hetero) is 1. The molecule has 2 saturated heterocycles. The van der Waals surface area contributed by atoms with Crippen molar-refractivity contribution in [3.05, 3.63) is 12.2 Å². The highest BCUT2D eigenvalue weighted by atomic mass is 16.6. The standard InChI is InChI=1S/C21H26O5/c1-9-10-4-5-11-19-8-26-21(25,20(11)14(10)13(9)16(20)23)17(24)15(19)18(2,3)7-6-12(19)22/h6-7,9-11,13-15,17,24-25H,4-5,8H2,1-3H3. The van der Waals surface area contributed by atoms with Crippen LogP contribution in [-0.4, -0.2) is 40.3 Å². The third-order valence-electron chi connectivity index (χ3n) is 9.61. The van der Waals surface area contributed by atoms with Crippen LogP contribution < -0.4 is 0 Å². The van der Waals surface area contributed by atoms with Gasteiger partial charge in [-0.15, -0.1) is 0 Å². The smallest absolute Gasteiger partial charge is 0.205 e. The molecule has 0 aromatic heterocycles. The summed E-state index contributed by atoms with van der Waals surface area (Å²) < 4.78 is 5.90. The largest absolute Gasteiger partial charge is 0.387 e. The Hall–Kier alpha value is -1.04. The molecule has 6 fully saturated rings. The van der Waals surface area contributed by atoms with Gasteiger partial charge in [-0.2, -0.15) is 0 Å². The van der Waals surface area contributed by atoms with Crippen LogP contribution in [0.25, 0.3) is 0 Å². The van der Waals surface area contributed by atoms with Gasteiger partial charge in [0.25, 0.3) is 0 Å². The Balaban J connectivity index is 1.63. The molecule has 2 heterocycles. The van der Waals surface area contributed by atoms with Gasteiger partial charge < -0.3 is 14.9 Å². The lowest BCUT2D eigenvalue weighted by Crippen LogP contribution is -2.92. The van der Waals surface area contributed by atoms with Gasteiger partial charge in [-0.1, -0.05) is 26.8 Å². The van der Waals surface area contributed by atoms with Gasteiger partial charge >= 0.3 is 0 Å². The van der Waals surface area contributed by atoms with Crippen molar-refractivity contribution in [2.45, 2.75) is 45.5 Å². The first-order valence-electron chi connectivity index (χ1n) is 9.98. The van der Waals surface area contributed by atoms with Crippen molar-refractivity contribution in [3.8, 4) is 0 Å². The number of ether oxygens (including phenoxy) is 1. The van der Waals surface area contributed by atoms with Crippen molar-refractivity contribution in [2.24, 2.45) is 51.8 Å². The molecule has 5 heteroatoms. The van der Waals surface area contributed by atoms with Crippen molar-refractivity contribution in [2.75, 3.05) is 6.61 Å². The zero-order chi connectivity index (χ0) is 18.4. The Morgan fingerprint density at radius 2 is 1.96 bits per heavy atom. The zero-order valence-electron chi connectivity index (χ0n) is 15.4. The number of rotatable bonds is 0. The van der Waals surface area contributed by atoms with Gasteiger partial charge in [0.15, 0.2) is 5.78 Å². The Morgan fingerprint density at radius 1 is 1.23 bits per heavy atom. The molecule has 0 amide bonds. The van der Waals surface area contributed by atoms with Gasteiger partial charge in [0.1, 0.15) is 11.9 Å². The van der Waals surface area contributed by atoms with Crippen molar-refractivity contribution < 1.29 is 24.5 Å². The van der Waals surface area contributed by atoms with Crippen LogP contribution in [0.2, 0.25) is 0 Å². The van der Waals surface area contributed by atoms with E-state index in [1.165, 1.54) is 0 Å². The second-order valence-electron chi connectivity index (χ2n) is 10.4. The quantitative estimate of drug-likeness (QED) is 0.682. The number of aliphatic hydroxyl groups is 2. The number of aliphatic hydroxyl groups excluding tert-OH is 1. The molecular weight excluding hydrogens is 332 g/mol. The molecule has 0 radical (unpaired) electrons. The number of hydrogen-bond acceptors (Lipinski definition) is 5. The lowest BCUT2D eigenvalue weighted by atomic mass is 9.22. The summed E-state index contributed by atoms with van der Waals surface area (Å²) in [5.41, 5.74) is -2.42. The summed E-state index contributed by atoms with van der Waals surface area (Å²) in [5, 5.41) is 23.0. The van der Waals surface area contributed by atoms with Crippen molar-refractivity contribution in [3.63, 3.8) is 0 Å². The molecule has 140 valence electrons. The predicted octanol–water partition coefficient (Wildman–Crippen LogP) is 1.32. The number of carbonyl (C=O) groups is 2. The Morgan fingerprint density at radius 3 is 2.69 bits per heavy atom. The molecule has 7 rings (SSSR count). The molecule has 0 aromatic carbocycles. The Kier molecular flexibility index (Phi) is 2.48. The van der Waals surface area contributed by atoms with E-state index < -0.39 is 34.1 Å². The number of allylic oxidation sites excluding steroid dienone is 2. The van der Waals surface area contributed by atoms with Gasteiger partial charge in [0, 0.05) is 11.8 Å². The molecular formula is C21H26O5. The predicted molar refractivity (Wildman–Crippen MR) is 90.6 cm³/mol. The molecule has 2 aliphatic heterocycles. The topological polar surface area (TPSA) is 83.8 Å². The third kappa shape index (κ3) is 1.15. The Labute approximate surface area is 152 Å². The van der Waals surface area contributed by atoms with Gasteiger partial charge in [-0.25, -0.2) is 0 Å². The third-order valence-corrected chi connectivity index (χ3v) is 9.61. The van der Waals surface area contributed by atoms with E-state index in [1.807, 2.05) is 19.9 Å². The lowest BCUT2D eigenvalue weighted by Gasteiger charge is -2.82. The summed E-state index contributed by atoms with van der Waals surface area (Å²) in [6.45, 7) is 6.24. The van der Waals surface area contributed by atoms with Crippen molar-refractivity contribution in [1.82, 2.24) is 0 Å². The van der Waals surface area contributed by atoms with Crippen LogP contribution in [-0.2, 0) is 14.3 Å². The maximum absolute atomic E-state index is 13.4. The highest BCUT2D eigenvalue weighted by Gasteiger charge is 2.91. The fourth-order valence-electron chi connectivity index (χ4n) is 8.78. The minimum atomic E-state index is -1.86. The molecule has 4 saturated carbocycles. The monoisotopic (exact) mass is 358 g/mol. The lowest BCUT2D eigenvalue weighted by molar-refractivity contribution is -0.462. The van der Waals surface area contributed by atoms with Gasteiger partial charge in [-0.3, -0.25) is 9.59 Å². The van der Waals surface area contributed by atoms with E-state index in [1.54, 1.807) is 6.08 Å². The minimum absolute atomic E-state index is 0.0286. The maximum atomic E-state index is 13.4. The first-order chi connectivity index (χ1) is 12.2. The average molecular weight is 358 g/mol. The molecule has 2 spiro atoms. The zero-order valence-corrected chi connectivity index (χ0v) is 15.4. The first-order valence-corrected chi connectivity index (χ1v) is 9.98. The number of ketones is 2. The second kappa shape index (κ2) is 4.03. The van der Waals surface area contributed by atoms with E-state index in [0.717, 1.165) is 12.8 Å². The highest BCUT2D eigenvalue weighted by Crippen LogP contribution is 2.83. The highest BCUT2D eigenvalue weighted by molar-refractivity contribution is 6.02. The van der Waals surface area contributed by atoms with Crippen LogP contribution in [0.1, 0.15) is 33.6 Å². The SMILES string of the molecule is CC1C2CCC3C45COC(O)(C(O)C4C(C)(C)C=CC5=O)C34C(=O)C1C24. The van der Waals surface area contributed by atoms with E-state index in [0.29, 0.717) is 11.8 Å². The summed E-state index contributed by atoms with van der Waals surface area (Å²) >= 11 is 0. The number of fused-ring (bicyclic) bond motifs is 1. The summed E-state index contributed by atoms with van der Waals surface area (Å²) in [7, 11) is 0. The maximum Gasteiger partial charge on any atom is 0.205 e. The van der Waals surface area contributed by atoms with Crippen LogP contribution in [0.3, 0.4) is 0 Å². The molecule has 2 N–H and O–H groups in total. The summed E-state index contributed by atoms with van der Waals surface area (Å²) in [5.74, 6) is -1.74. The van der Waals surface area contributed by atoms with Gasteiger partial charge in [0.05, 0.1) is 17.4 Å². The summed E-state index contributed by atoms with van der Waals surface area (Å²) in [6, 6.07) is 0. The minimum Gasteiger partial charge on any atom is -0.387 e. The average Bonchev–Trinajstić information content (AvgIpc) is 2.58. The molecule has 0 aromatic rings. The fourth-order valence-corrected chi connectivity index (χ4v) is 8.78.